The predicted octanol–water partition coefficient (Wildman–Crippen LogP) is 4.19. The number of amides is 1. The van der Waals surface area contributed by atoms with E-state index in [1.807, 2.05) is 18.2 Å². The number of benzene rings is 2. The molecule has 2 aromatic rings. The van der Waals surface area contributed by atoms with Crippen LogP contribution in [0.1, 0.15) is 39.2 Å². The molecule has 2 aromatic carbocycles. The van der Waals surface area contributed by atoms with Crippen molar-refractivity contribution in [1.82, 2.24) is 0 Å². The van der Waals surface area contributed by atoms with Crippen LogP contribution < -0.4 is 15.2 Å². The van der Waals surface area contributed by atoms with Gasteiger partial charge in [0.25, 0.3) is 0 Å². The van der Waals surface area contributed by atoms with Crippen molar-refractivity contribution in [2.75, 3.05) is 11.9 Å². The number of anilines is 1. The summed E-state index contributed by atoms with van der Waals surface area (Å²) in [6.45, 7) is 6.86. The molecule has 0 saturated heterocycles. The van der Waals surface area contributed by atoms with Gasteiger partial charge in [0.15, 0.2) is 0 Å². The van der Waals surface area contributed by atoms with Crippen LogP contribution in [0.2, 0.25) is 0 Å². The maximum Gasteiger partial charge on any atom is 0.238 e. The Morgan fingerprint density at radius 1 is 1.14 bits per heavy atom. The summed E-state index contributed by atoms with van der Waals surface area (Å²) in [6, 6.07) is 11.7. The fraction of sp³-hybridized carbons (Fsp3) is 0.350. The summed E-state index contributed by atoms with van der Waals surface area (Å²) in [5.41, 5.74) is 1.78. The third-order valence-electron chi connectivity index (χ3n) is 4.07. The number of nitrogens with one attached hydrogen (secondary N) is 1. The SMILES string of the molecule is CC(C)(C)c1ccc(OCCCC(=O)Nc2ccc(S(N)(=O)=O)cc2)c(Br)c1. The van der Waals surface area contributed by atoms with Crippen molar-refractivity contribution in [2.45, 2.75) is 43.9 Å². The van der Waals surface area contributed by atoms with Gasteiger partial charge in [0.1, 0.15) is 5.75 Å². The number of rotatable bonds is 7. The Hall–Kier alpha value is -1.90. The molecule has 0 atom stereocenters. The summed E-state index contributed by atoms with van der Waals surface area (Å²) in [4.78, 5) is 12.0. The highest BCUT2D eigenvalue weighted by atomic mass is 79.9. The third kappa shape index (κ3) is 6.61. The standard InChI is InChI=1S/C20H25BrN2O4S/c1-20(2,3)14-6-11-18(17(21)13-14)27-12-4-5-19(24)23-15-7-9-16(10-8-15)28(22,25)26/h6-11,13H,4-5,12H2,1-3H3,(H,23,24)(H2,22,25,26). The van der Waals surface area contributed by atoms with Gasteiger partial charge in [-0.15, -0.1) is 0 Å². The van der Waals surface area contributed by atoms with Crippen molar-refractivity contribution < 1.29 is 17.9 Å². The number of halogens is 1. The molecule has 0 heterocycles. The molecular formula is C20H25BrN2O4S. The quantitative estimate of drug-likeness (QED) is 0.594. The van der Waals surface area contributed by atoms with E-state index in [4.69, 9.17) is 9.88 Å². The topological polar surface area (TPSA) is 98.5 Å². The monoisotopic (exact) mass is 468 g/mol. The highest BCUT2D eigenvalue weighted by Crippen LogP contribution is 2.31. The lowest BCUT2D eigenvalue weighted by Gasteiger charge is -2.20. The highest BCUT2D eigenvalue weighted by Gasteiger charge is 2.15. The maximum absolute atomic E-state index is 12.0. The van der Waals surface area contributed by atoms with Gasteiger partial charge in [0.05, 0.1) is 16.0 Å². The molecule has 0 radical (unpaired) electrons. The van der Waals surface area contributed by atoms with E-state index < -0.39 is 10.0 Å². The van der Waals surface area contributed by atoms with Crippen LogP contribution in [-0.2, 0) is 20.2 Å². The van der Waals surface area contributed by atoms with E-state index in [2.05, 4.69) is 42.0 Å². The molecule has 0 unspecified atom stereocenters. The zero-order valence-corrected chi connectivity index (χ0v) is 18.6. The van der Waals surface area contributed by atoms with Crippen LogP contribution in [0.4, 0.5) is 5.69 Å². The molecule has 152 valence electrons. The van der Waals surface area contributed by atoms with Gasteiger partial charge in [0, 0.05) is 12.1 Å². The van der Waals surface area contributed by atoms with Gasteiger partial charge >= 0.3 is 0 Å². The zero-order valence-electron chi connectivity index (χ0n) is 16.2. The summed E-state index contributed by atoms with van der Waals surface area (Å²) in [5.74, 6) is 0.570. The lowest BCUT2D eigenvalue weighted by atomic mass is 9.87. The third-order valence-corrected chi connectivity index (χ3v) is 5.62. The van der Waals surface area contributed by atoms with Crippen LogP contribution in [0.3, 0.4) is 0 Å². The number of carbonyl (C=O) groups is 1. The van der Waals surface area contributed by atoms with E-state index in [1.165, 1.54) is 29.8 Å². The number of hydrogen-bond acceptors (Lipinski definition) is 4. The molecule has 2 rings (SSSR count). The smallest absolute Gasteiger partial charge is 0.238 e. The largest absolute Gasteiger partial charge is 0.492 e. The first-order valence-corrected chi connectivity index (χ1v) is 11.2. The molecule has 8 heteroatoms. The molecule has 0 aromatic heterocycles. The molecule has 0 aliphatic rings. The van der Waals surface area contributed by atoms with Crippen LogP contribution in [0, 0.1) is 0 Å². The average Bonchev–Trinajstić information content (AvgIpc) is 2.58. The summed E-state index contributed by atoms with van der Waals surface area (Å²) in [7, 11) is -3.74. The van der Waals surface area contributed by atoms with E-state index >= 15 is 0 Å². The first-order valence-electron chi connectivity index (χ1n) is 8.82. The number of carbonyl (C=O) groups excluding carboxylic acids is 1. The molecule has 0 saturated carbocycles. The number of primary sulfonamides is 1. The molecule has 0 spiro atoms. The van der Waals surface area contributed by atoms with Gasteiger partial charge in [0.2, 0.25) is 15.9 Å². The maximum atomic E-state index is 12.0. The molecule has 0 bridgehead atoms. The Kier molecular flexibility index (Phi) is 7.25. The number of nitrogens with two attached hydrogens (primary N) is 1. The molecule has 0 aliphatic carbocycles. The van der Waals surface area contributed by atoms with Crippen molar-refractivity contribution in [3.05, 3.63) is 52.5 Å². The van der Waals surface area contributed by atoms with Gasteiger partial charge < -0.3 is 10.1 Å². The van der Waals surface area contributed by atoms with Gasteiger partial charge in [-0.1, -0.05) is 26.8 Å². The molecule has 0 fully saturated rings. The van der Waals surface area contributed by atoms with Crippen LogP contribution in [0.25, 0.3) is 0 Å². The van der Waals surface area contributed by atoms with E-state index in [1.54, 1.807) is 0 Å². The highest BCUT2D eigenvalue weighted by molar-refractivity contribution is 9.10. The van der Waals surface area contributed by atoms with Crippen LogP contribution in [0.5, 0.6) is 5.75 Å². The minimum absolute atomic E-state index is 0.00181. The summed E-state index contributed by atoms with van der Waals surface area (Å²) >= 11 is 3.53. The van der Waals surface area contributed by atoms with Crippen molar-refractivity contribution in [3.8, 4) is 5.75 Å². The number of sulfonamides is 1. The fourth-order valence-electron chi connectivity index (χ4n) is 2.45. The first-order chi connectivity index (χ1) is 13.0. The molecule has 0 aliphatic heterocycles. The van der Waals surface area contributed by atoms with E-state index in [0.717, 1.165) is 10.2 Å². The van der Waals surface area contributed by atoms with E-state index in [0.29, 0.717) is 18.7 Å². The fourth-order valence-corrected chi connectivity index (χ4v) is 3.46. The first kappa shape index (κ1) is 22.4. The molecule has 6 nitrogen and oxygen atoms in total. The van der Waals surface area contributed by atoms with Gasteiger partial charge in [-0.2, -0.15) is 0 Å². The predicted molar refractivity (Wildman–Crippen MR) is 114 cm³/mol. The van der Waals surface area contributed by atoms with Crippen LogP contribution in [0.15, 0.2) is 51.8 Å². The second kappa shape index (κ2) is 9.07. The van der Waals surface area contributed by atoms with Gasteiger partial charge in [-0.25, -0.2) is 13.6 Å². The van der Waals surface area contributed by atoms with Crippen molar-refractivity contribution in [1.29, 1.82) is 0 Å². The minimum atomic E-state index is -3.74. The lowest BCUT2D eigenvalue weighted by Crippen LogP contribution is -2.14. The molecule has 1 amide bonds. The van der Waals surface area contributed by atoms with Gasteiger partial charge in [-0.3, -0.25) is 4.79 Å². The van der Waals surface area contributed by atoms with E-state index in [-0.39, 0.29) is 22.6 Å². The Labute approximate surface area is 174 Å². The Morgan fingerprint density at radius 3 is 2.32 bits per heavy atom. The number of ether oxygens (including phenoxy) is 1. The molecule has 28 heavy (non-hydrogen) atoms. The minimum Gasteiger partial charge on any atom is -0.492 e. The number of hydrogen-bond donors (Lipinski definition) is 2. The Balaban J connectivity index is 1.80. The van der Waals surface area contributed by atoms with E-state index in [9.17, 15) is 13.2 Å². The molecule has 3 N–H and O–H groups in total. The zero-order chi connectivity index (χ0) is 20.9. The Morgan fingerprint density at radius 2 is 1.79 bits per heavy atom. The Bertz CT molecular complexity index is 936. The normalized spacial score (nSPS) is 11.9. The van der Waals surface area contributed by atoms with Crippen molar-refractivity contribution in [2.24, 2.45) is 5.14 Å². The second-order valence-electron chi connectivity index (χ2n) is 7.46. The summed E-state index contributed by atoms with van der Waals surface area (Å²) < 4.78 is 29.1. The van der Waals surface area contributed by atoms with Gasteiger partial charge in [-0.05, 0) is 69.7 Å². The van der Waals surface area contributed by atoms with Crippen molar-refractivity contribution >= 4 is 37.5 Å². The summed E-state index contributed by atoms with van der Waals surface area (Å²) in [6.07, 6.45) is 0.836. The lowest BCUT2D eigenvalue weighted by molar-refractivity contribution is -0.116. The average molecular weight is 469 g/mol. The van der Waals surface area contributed by atoms with Crippen LogP contribution in [-0.4, -0.2) is 20.9 Å². The molecular weight excluding hydrogens is 444 g/mol. The summed E-state index contributed by atoms with van der Waals surface area (Å²) in [5, 5.41) is 7.76. The van der Waals surface area contributed by atoms with Crippen molar-refractivity contribution in [3.63, 3.8) is 0 Å². The van der Waals surface area contributed by atoms with Crippen LogP contribution >= 0.6 is 15.9 Å². The second-order valence-corrected chi connectivity index (χ2v) is 9.88.